The van der Waals surface area contributed by atoms with Crippen LogP contribution in [0, 0.1) is 12.7 Å². The van der Waals surface area contributed by atoms with Gasteiger partial charge in [0.1, 0.15) is 5.82 Å². The minimum Gasteiger partial charge on any atom is -0.465 e. The van der Waals surface area contributed by atoms with Crippen molar-refractivity contribution in [1.29, 1.82) is 0 Å². The Bertz CT molecular complexity index is 747. The molecule has 0 spiro atoms. The third kappa shape index (κ3) is 4.29. The Kier molecular flexibility index (Phi) is 5.87. The van der Waals surface area contributed by atoms with Gasteiger partial charge in [-0.05, 0) is 61.5 Å². The monoisotopic (exact) mass is 346 g/mol. The predicted molar refractivity (Wildman–Crippen MR) is 96.7 cm³/mol. The molecule has 0 aromatic heterocycles. The first-order valence-electron chi connectivity index (χ1n) is 7.43. The number of esters is 1. The van der Waals surface area contributed by atoms with Crippen LogP contribution in [0.15, 0.2) is 42.5 Å². The number of hydrogen-bond acceptors (Lipinski definition) is 3. The Morgan fingerprint density at radius 3 is 2.50 bits per heavy atom. The number of carbonyl (C=O) groups excluding carboxylic acids is 1. The Morgan fingerprint density at radius 1 is 1.21 bits per heavy atom. The molecule has 2 aromatic rings. The molecular weight excluding hydrogens is 327 g/mol. The van der Waals surface area contributed by atoms with E-state index in [-0.39, 0.29) is 11.9 Å². The van der Waals surface area contributed by atoms with Crippen LogP contribution in [0.25, 0.3) is 0 Å². The van der Waals surface area contributed by atoms with Crippen LogP contribution in [0.2, 0.25) is 0 Å². The van der Waals surface area contributed by atoms with E-state index in [9.17, 15) is 9.18 Å². The van der Waals surface area contributed by atoms with Gasteiger partial charge in [-0.2, -0.15) is 0 Å². The smallest absolute Gasteiger partial charge is 0.338 e. The van der Waals surface area contributed by atoms with Crippen LogP contribution >= 0.6 is 12.2 Å². The summed E-state index contributed by atoms with van der Waals surface area (Å²) < 4.78 is 17.7. The molecule has 2 aromatic carbocycles. The van der Waals surface area contributed by atoms with Crippen molar-refractivity contribution in [2.45, 2.75) is 19.9 Å². The second-order valence-electron chi connectivity index (χ2n) is 5.34. The molecule has 0 aliphatic carbocycles. The Balaban J connectivity index is 2.07. The fourth-order valence-corrected chi connectivity index (χ4v) is 2.58. The van der Waals surface area contributed by atoms with Crippen molar-refractivity contribution in [3.05, 3.63) is 65.0 Å². The quantitative estimate of drug-likeness (QED) is 0.648. The molecule has 1 atom stereocenters. The molecule has 0 heterocycles. The van der Waals surface area contributed by atoms with Gasteiger partial charge in [-0.3, -0.25) is 0 Å². The molecule has 0 saturated heterocycles. The van der Waals surface area contributed by atoms with Crippen molar-refractivity contribution < 1.29 is 13.9 Å². The highest BCUT2D eigenvalue weighted by atomic mass is 32.1. The zero-order valence-electron chi connectivity index (χ0n) is 13.7. The molecule has 0 aliphatic heterocycles. The van der Waals surface area contributed by atoms with Crippen molar-refractivity contribution >= 4 is 29.0 Å². The zero-order valence-corrected chi connectivity index (χ0v) is 14.5. The first kappa shape index (κ1) is 17.9. The minimum absolute atomic E-state index is 0.0882. The maximum Gasteiger partial charge on any atom is 0.338 e. The highest BCUT2D eigenvalue weighted by Gasteiger charge is 2.13. The molecular formula is C18H19FN2O2S. The van der Waals surface area contributed by atoms with E-state index in [0.29, 0.717) is 10.7 Å². The fourth-order valence-electron chi connectivity index (χ4n) is 2.29. The zero-order chi connectivity index (χ0) is 17.7. The van der Waals surface area contributed by atoms with Gasteiger partial charge in [0, 0.05) is 5.69 Å². The van der Waals surface area contributed by atoms with Crippen molar-refractivity contribution in [3.63, 3.8) is 0 Å². The molecule has 0 fully saturated rings. The van der Waals surface area contributed by atoms with Crippen LogP contribution in [0.5, 0.6) is 0 Å². The van der Waals surface area contributed by atoms with Crippen LogP contribution in [-0.4, -0.2) is 18.2 Å². The van der Waals surface area contributed by atoms with Crippen LogP contribution in [0.3, 0.4) is 0 Å². The average molecular weight is 346 g/mol. The number of halogens is 1. The molecule has 24 heavy (non-hydrogen) atoms. The summed E-state index contributed by atoms with van der Waals surface area (Å²) in [6, 6.07) is 11.4. The maximum atomic E-state index is 13.0. The van der Waals surface area contributed by atoms with Gasteiger partial charge in [-0.15, -0.1) is 0 Å². The topological polar surface area (TPSA) is 50.4 Å². The minimum atomic E-state index is -0.394. The van der Waals surface area contributed by atoms with E-state index < -0.39 is 5.97 Å². The summed E-state index contributed by atoms with van der Waals surface area (Å²) >= 11 is 5.32. The lowest BCUT2D eigenvalue weighted by Crippen LogP contribution is -2.31. The van der Waals surface area contributed by atoms with Gasteiger partial charge in [0.2, 0.25) is 0 Å². The molecule has 2 rings (SSSR count). The van der Waals surface area contributed by atoms with Crippen molar-refractivity contribution in [2.75, 3.05) is 12.4 Å². The summed E-state index contributed by atoms with van der Waals surface area (Å²) in [7, 11) is 1.35. The van der Waals surface area contributed by atoms with Gasteiger partial charge < -0.3 is 15.4 Å². The fraction of sp³-hybridized carbons (Fsp3) is 0.222. The second-order valence-corrected chi connectivity index (χ2v) is 5.75. The lowest BCUT2D eigenvalue weighted by Gasteiger charge is -2.19. The van der Waals surface area contributed by atoms with E-state index in [4.69, 9.17) is 17.0 Å². The number of ether oxygens (including phenoxy) is 1. The summed E-state index contributed by atoms with van der Waals surface area (Å²) in [4.78, 5) is 11.7. The number of thiocarbonyl (C=S) groups is 1. The molecule has 0 aliphatic rings. The first-order valence-corrected chi connectivity index (χ1v) is 7.84. The lowest BCUT2D eigenvalue weighted by molar-refractivity contribution is 0.0600. The number of anilines is 1. The summed E-state index contributed by atoms with van der Waals surface area (Å²) in [6.45, 7) is 3.75. The third-order valence-electron chi connectivity index (χ3n) is 3.70. The lowest BCUT2D eigenvalue weighted by atomic mass is 10.1. The molecule has 4 nitrogen and oxygen atoms in total. The highest BCUT2D eigenvalue weighted by Crippen LogP contribution is 2.20. The average Bonchev–Trinajstić information content (AvgIpc) is 2.56. The Hall–Kier alpha value is -2.47. The maximum absolute atomic E-state index is 13.0. The van der Waals surface area contributed by atoms with E-state index in [0.717, 1.165) is 16.8 Å². The molecule has 1 unspecified atom stereocenters. The predicted octanol–water partition coefficient (Wildman–Crippen LogP) is 3.97. The van der Waals surface area contributed by atoms with Crippen LogP contribution in [0.4, 0.5) is 10.1 Å². The number of carbonyl (C=O) groups is 1. The van der Waals surface area contributed by atoms with E-state index >= 15 is 0 Å². The second kappa shape index (κ2) is 7.88. The van der Waals surface area contributed by atoms with Crippen molar-refractivity contribution in [2.24, 2.45) is 0 Å². The molecule has 126 valence electrons. The highest BCUT2D eigenvalue weighted by molar-refractivity contribution is 7.80. The summed E-state index contributed by atoms with van der Waals surface area (Å²) in [5, 5.41) is 6.63. The number of hydrogen-bond donors (Lipinski definition) is 2. The van der Waals surface area contributed by atoms with E-state index in [1.54, 1.807) is 24.3 Å². The number of benzene rings is 2. The standard InChI is InChI=1S/C18H19FN2O2S/c1-11-15(17(22)23-3)5-4-6-16(11)21-18(24)20-12(2)13-7-9-14(19)10-8-13/h4-10,12H,1-3H3,(H2,20,21,24). The summed E-state index contributed by atoms with van der Waals surface area (Å²) in [6.07, 6.45) is 0. The molecule has 0 bridgehead atoms. The van der Waals surface area contributed by atoms with Gasteiger partial charge in [-0.25, -0.2) is 9.18 Å². The molecule has 0 radical (unpaired) electrons. The van der Waals surface area contributed by atoms with Crippen LogP contribution in [0.1, 0.15) is 34.5 Å². The van der Waals surface area contributed by atoms with Gasteiger partial charge in [-0.1, -0.05) is 18.2 Å². The first-order chi connectivity index (χ1) is 11.4. The SMILES string of the molecule is COC(=O)c1cccc(NC(=S)NC(C)c2ccc(F)cc2)c1C. The Labute approximate surface area is 146 Å². The molecule has 0 amide bonds. The third-order valence-corrected chi connectivity index (χ3v) is 3.92. The molecule has 0 saturated carbocycles. The van der Waals surface area contributed by atoms with E-state index in [2.05, 4.69) is 10.6 Å². The van der Waals surface area contributed by atoms with Crippen molar-refractivity contribution in [3.8, 4) is 0 Å². The van der Waals surface area contributed by atoms with Gasteiger partial charge >= 0.3 is 5.97 Å². The summed E-state index contributed by atoms with van der Waals surface area (Å²) in [5.74, 6) is -0.670. The molecule has 6 heteroatoms. The number of nitrogens with one attached hydrogen (secondary N) is 2. The van der Waals surface area contributed by atoms with Crippen LogP contribution in [-0.2, 0) is 4.74 Å². The van der Waals surface area contributed by atoms with Gasteiger partial charge in [0.05, 0.1) is 18.7 Å². The van der Waals surface area contributed by atoms with Crippen molar-refractivity contribution in [1.82, 2.24) is 5.32 Å². The Morgan fingerprint density at radius 2 is 1.88 bits per heavy atom. The normalized spacial score (nSPS) is 11.5. The van der Waals surface area contributed by atoms with Gasteiger partial charge in [0.25, 0.3) is 0 Å². The summed E-state index contributed by atoms with van der Waals surface area (Å²) in [5.41, 5.74) is 2.88. The van der Waals surface area contributed by atoms with Gasteiger partial charge in [0.15, 0.2) is 5.11 Å². The number of methoxy groups -OCH3 is 1. The van der Waals surface area contributed by atoms with Crippen LogP contribution < -0.4 is 10.6 Å². The van der Waals surface area contributed by atoms with E-state index in [1.165, 1.54) is 19.2 Å². The largest absolute Gasteiger partial charge is 0.465 e. The number of rotatable bonds is 4. The molecule has 2 N–H and O–H groups in total. The van der Waals surface area contributed by atoms with E-state index in [1.807, 2.05) is 19.9 Å².